The fraction of sp³-hybridized carbons (Fsp3) is 0.417. The Hall–Kier alpha value is -2.77. The third-order valence-corrected chi connectivity index (χ3v) is 5.49. The lowest BCUT2D eigenvalue weighted by molar-refractivity contribution is 0.168. The standard InChI is InChI=1S/C24H31ClN4O3/c1-4-28(5-2)14-7-15-32-23-21-16-20(26-24(30)31-6-3)12-13-22(21)29(27-23)17-18-8-10-19(25)11-9-18/h8-13,16H,4-7,14-15,17H2,1-3H3,(H,26,30). The van der Waals surface area contributed by atoms with Crippen molar-refractivity contribution in [1.82, 2.24) is 14.7 Å². The molecule has 1 aromatic heterocycles. The molecule has 8 heteroatoms. The Bertz CT molecular complexity index is 1020. The lowest BCUT2D eigenvalue weighted by atomic mass is 10.2. The van der Waals surface area contributed by atoms with Gasteiger partial charge in [-0.15, -0.1) is 5.10 Å². The number of benzene rings is 2. The van der Waals surface area contributed by atoms with Crippen molar-refractivity contribution in [2.75, 3.05) is 38.2 Å². The Morgan fingerprint density at radius 2 is 1.88 bits per heavy atom. The van der Waals surface area contributed by atoms with Crippen molar-refractivity contribution in [1.29, 1.82) is 0 Å². The molecule has 0 aliphatic rings. The molecule has 0 atom stereocenters. The van der Waals surface area contributed by atoms with Crippen LogP contribution in [0.2, 0.25) is 5.02 Å². The highest BCUT2D eigenvalue weighted by atomic mass is 35.5. The lowest BCUT2D eigenvalue weighted by Gasteiger charge is -2.17. The van der Waals surface area contributed by atoms with E-state index in [1.54, 1.807) is 6.92 Å². The van der Waals surface area contributed by atoms with Crippen LogP contribution in [-0.4, -0.2) is 53.6 Å². The number of nitrogens with one attached hydrogen (secondary N) is 1. The van der Waals surface area contributed by atoms with Crippen LogP contribution in [0.5, 0.6) is 5.88 Å². The number of nitrogens with zero attached hydrogens (tertiary/aromatic N) is 3. The van der Waals surface area contributed by atoms with Crippen LogP contribution in [0.3, 0.4) is 0 Å². The smallest absolute Gasteiger partial charge is 0.411 e. The molecule has 32 heavy (non-hydrogen) atoms. The Balaban J connectivity index is 1.82. The van der Waals surface area contributed by atoms with Crippen molar-refractivity contribution in [2.24, 2.45) is 0 Å². The monoisotopic (exact) mass is 458 g/mol. The van der Waals surface area contributed by atoms with Gasteiger partial charge < -0.3 is 14.4 Å². The van der Waals surface area contributed by atoms with E-state index >= 15 is 0 Å². The number of carbonyl (C=O) groups excluding carboxylic acids is 1. The minimum Gasteiger partial charge on any atom is -0.476 e. The van der Waals surface area contributed by atoms with Gasteiger partial charge >= 0.3 is 6.09 Å². The average molecular weight is 459 g/mol. The molecule has 0 radical (unpaired) electrons. The molecule has 7 nitrogen and oxygen atoms in total. The van der Waals surface area contributed by atoms with E-state index in [0.29, 0.717) is 36.3 Å². The van der Waals surface area contributed by atoms with E-state index in [4.69, 9.17) is 26.2 Å². The molecule has 0 unspecified atom stereocenters. The molecule has 0 spiro atoms. The molecule has 0 saturated carbocycles. The first-order valence-electron chi connectivity index (χ1n) is 11.1. The summed E-state index contributed by atoms with van der Waals surface area (Å²) in [6.45, 7) is 10.6. The number of fused-ring (bicyclic) bond motifs is 1. The topological polar surface area (TPSA) is 68.6 Å². The molecular weight excluding hydrogens is 428 g/mol. The number of hydrogen-bond acceptors (Lipinski definition) is 5. The normalized spacial score (nSPS) is 11.2. The molecule has 0 saturated heterocycles. The van der Waals surface area contributed by atoms with E-state index in [9.17, 15) is 4.79 Å². The Labute approximate surface area is 194 Å². The second-order valence-electron chi connectivity index (χ2n) is 7.40. The maximum absolute atomic E-state index is 11.8. The summed E-state index contributed by atoms with van der Waals surface area (Å²) in [7, 11) is 0. The quantitative estimate of drug-likeness (QED) is 0.389. The van der Waals surface area contributed by atoms with Gasteiger partial charge in [0, 0.05) is 17.3 Å². The molecule has 3 aromatic rings. The van der Waals surface area contributed by atoms with Crippen LogP contribution in [0.1, 0.15) is 32.8 Å². The Morgan fingerprint density at radius 1 is 1.12 bits per heavy atom. The van der Waals surface area contributed by atoms with Crippen LogP contribution >= 0.6 is 11.6 Å². The first kappa shape index (κ1) is 23.9. The summed E-state index contributed by atoms with van der Waals surface area (Å²) in [6, 6.07) is 13.3. The summed E-state index contributed by atoms with van der Waals surface area (Å²) in [5.41, 5.74) is 2.64. The summed E-state index contributed by atoms with van der Waals surface area (Å²) in [4.78, 5) is 14.2. The lowest BCUT2D eigenvalue weighted by Crippen LogP contribution is -2.25. The SMILES string of the molecule is CCOC(=O)Nc1ccc2c(c1)c(OCCCN(CC)CC)nn2Cc1ccc(Cl)cc1. The summed E-state index contributed by atoms with van der Waals surface area (Å²) in [5.74, 6) is 0.556. The largest absolute Gasteiger partial charge is 0.476 e. The number of hydrogen-bond donors (Lipinski definition) is 1. The Morgan fingerprint density at radius 3 is 2.56 bits per heavy atom. The molecular formula is C24H31ClN4O3. The van der Waals surface area contributed by atoms with Gasteiger partial charge in [-0.3, -0.25) is 10.00 Å². The minimum absolute atomic E-state index is 0.313. The number of carbonyl (C=O) groups is 1. The highest BCUT2D eigenvalue weighted by Crippen LogP contribution is 2.29. The predicted molar refractivity (Wildman–Crippen MR) is 129 cm³/mol. The van der Waals surface area contributed by atoms with Crippen LogP contribution in [-0.2, 0) is 11.3 Å². The highest BCUT2D eigenvalue weighted by molar-refractivity contribution is 6.30. The molecule has 0 aliphatic carbocycles. The van der Waals surface area contributed by atoms with Crippen molar-refractivity contribution in [2.45, 2.75) is 33.7 Å². The average Bonchev–Trinajstić information content (AvgIpc) is 3.12. The number of rotatable bonds is 11. The van der Waals surface area contributed by atoms with Crippen LogP contribution < -0.4 is 10.1 Å². The molecule has 0 bridgehead atoms. The van der Waals surface area contributed by atoms with Crippen LogP contribution in [0.4, 0.5) is 10.5 Å². The van der Waals surface area contributed by atoms with E-state index in [2.05, 4.69) is 24.1 Å². The molecule has 172 valence electrons. The summed E-state index contributed by atoms with van der Waals surface area (Å²) < 4.78 is 13.0. The van der Waals surface area contributed by atoms with Gasteiger partial charge in [-0.25, -0.2) is 4.79 Å². The highest BCUT2D eigenvalue weighted by Gasteiger charge is 2.14. The number of anilines is 1. The predicted octanol–water partition coefficient (Wildman–Crippen LogP) is 5.42. The molecule has 0 fully saturated rings. The molecule has 1 heterocycles. The number of amides is 1. The summed E-state index contributed by atoms with van der Waals surface area (Å²) in [5, 5.41) is 9.02. The zero-order valence-corrected chi connectivity index (χ0v) is 19.7. The zero-order chi connectivity index (χ0) is 22.9. The van der Waals surface area contributed by atoms with Crippen LogP contribution in [0.25, 0.3) is 10.9 Å². The summed E-state index contributed by atoms with van der Waals surface area (Å²) >= 11 is 6.02. The Kier molecular flexibility index (Phi) is 8.76. The maximum Gasteiger partial charge on any atom is 0.411 e. The maximum atomic E-state index is 11.8. The molecule has 3 rings (SSSR count). The molecule has 1 amide bonds. The van der Waals surface area contributed by atoms with Crippen molar-refractivity contribution in [3.05, 3.63) is 53.1 Å². The van der Waals surface area contributed by atoms with Crippen molar-refractivity contribution in [3.63, 3.8) is 0 Å². The summed E-state index contributed by atoms with van der Waals surface area (Å²) in [6.07, 6.45) is 0.427. The van der Waals surface area contributed by atoms with Gasteiger partial charge in [0.15, 0.2) is 0 Å². The molecule has 0 aliphatic heterocycles. The van der Waals surface area contributed by atoms with Gasteiger partial charge in [0.2, 0.25) is 5.88 Å². The number of halogens is 1. The van der Waals surface area contributed by atoms with Crippen molar-refractivity contribution < 1.29 is 14.3 Å². The third-order valence-electron chi connectivity index (χ3n) is 5.24. The van der Waals surface area contributed by atoms with Gasteiger partial charge in [-0.05, 0) is 62.3 Å². The second kappa shape index (κ2) is 11.7. The number of ether oxygens (including phenoxy) is 2. The first-order chi connectivity index (χ1) is 15.5. The van der Waals surface area contributed by atoms with Crippen molar-refractivity contribution in [3.8, 4) is 5.88 Å². The van der Waals surface area contributed by atoms with E-state index < -0.39 is 6.09 Å². The van der Waals surface area contributed by atoms with Crippen LogP contribution in [0, 0.1) is 0 Å². The van der Waals surface area contributed by atoms with E-state index in [1.807, 2.05) is 47.1 Å². The van der Waals surface area contributed by atoms with Crippen LogP contribution in [0.15, 0.2) is 42.5 Å². The van der Waals surface area contributed by atoms with Gasteiger partial charge in [0.05, 0.1) is 30.7 Å². The third kappa shape index (κ3) is 6.37. The van der Waals surface area contributed by atoms with Gasteiger partial charge in [-0.2, -0.15) is 0 Å². The minimum atomic E-state index is -0.484. The van der Waals surface area contributed by atoms with E-state index in [-0.39, 0.29) is 0 Å². The van der Waals surface area contributed by atoms with Gasteiger partial charge in [-0.1, -0.05) is 37.6 Å². The van der Waals surface area contributed by atoms with Crippen molar-refractivity contribution >= 4 is 34.3 Å². The first-order valence-corrected chi connectivity index (χ1v) is 11.5. The fourth-order valence-corrected chi connectivity index (χ4v) is 3.63. The van der Waals surface area contributed by atoms with E-state index in [0.717, 1.165) is 42.5 Å². The number of aromatic nitrogens is 2. The fourth-order valence-electron chi connectivity index (χ4n) is 3.50. The van der Waals surface area contributed by atoms with E-state index in [1.165, 1.54) is 0 Å². The second-order valence-corrected chi connectivity index (χ2v) is 7.83. The zero-order valence-electron chi connectivity index (χ0n) is 18.9. The van der Waals surface area contributed by atoms with Gasteiger partial charge in [0.25, 0.3) is 0 Å². The molecule has 2 aromatic carbocycles. The molecule has 1 N–H and O–H groups in total. The van der Waals surface area contributed by atoms with Gasteiger partial charge in [0.1, 0.15) is 0 Å².